The van der Waals surface area contributed by atoms with Gasteiger partial charge in [-0.3, -0.25) is 9.59 Å². The van der Waals surface area contributed by atoms with Crippen LogP contribution in [-0.2, 0) is 9.59 Å². The van der Waals surface area contributed by atoms with Gasteiger partial charge in [0.2, 0.25) is 5.91 Å². The van der Waals surface area contributed by atoms with E-state index in [4.69, 9.17) is 0 Å². The van der Waals surface area contributed by atoms with E-state index in [1.807, 2.05) is 30.3 Å². The van der Waals surface area contributed by atoms with Crippen LogP contribution in [0.5, 0.6) is 0 Å². The lowest BCUT2D eigenvalue weighted by Crippen LogP contribution is -2.37. The fourth-order valence-corrected chi connectivity index (χ4v) is 2.25. The molecule has 1 amide bonds. The summed E-state index contributed by atoms with van der Waals surface area (Å²) in [6, 6.07) is 9.32. The molecule has 1 aliphatic rings. The minimum Gasteiger partial charge on any atom is -0.329 e. The van der Waals surface area contributed by atoms with Crippen molar-refractivity contribution in [1.82, 2.24) is 4.90 Å². The number of hydrogen-bond donors (Lipinski definition) is 0. The summed E-state index contributed by atoms with van der Waals surface area (Å²) in [5.74, 6) is 0.0166. The molecule has 0 bridgehead atoms. The highest BCUT2D eigenvalue weighted by atomic mass is 16.2. The maximum Gasteiger partial charge on any atom is 0.223 e. The van der Waals surface area contributed by atoms with Crippen molar-refractivity contribution in [2.24, 2.45) is 0 Å². The number of carbonyl (C=O) groups is 2. The Morgan fingerprint density at radius 1 is 1.37 bits per heavy atom. The Balaban J connectivity index is 2.05. The maximum atomic E-state index is 12.1. The molecular weight excluding hydrogens is 238 g/mol. The van der Waals surface area contributed by atoms with Gasteiger partial charge in [0.15, 0.2) is 5.78 Å². The van der Waals surface area contributed by atoms with Gasteiger partial charge >= 0.3 is 0 Å². The Bertz CT molecular complexity index is 505. The third-order valence-corrected chi connectivity index (χ3v) is 3.22. The Hall–Kier alpha value is -2.16. The van der Waals surface area contributed by atoms with E-state index in [2.05, 4.69) is 6.58 Å². The first kappa shape index (κ1) is 13.3. The van der Waals surface area contributed by atoms with Gasteiger partial charge in [-0.25, -0.2) is 0 Å². The number of ketones is 1. The largest absolute Gasteiger partial charge is 0.329 e. The summed E-state index contributed by atoms with van der Waals surface area (Å²) in [6.07, 6.45) is 6.06. The molecule has 0 unspecified atom stereocenters. The second kappa shape index (κ2) is 6.14. The summed E-state index contributed by atoms with van der Waals surface area (Å²) in [6.45, 7) is 4.06. The van der Waals surface area contributed by atoms with E-state index >= 15 is 0 Å². The molecule has 19 heavy (non-hydrogen) atoms. The lowest BCUT2D eigenvalue weighted by Gasteiger charge is -2.20. The van der Waals surface area contributed by atoms with E-state index in [1.54, 1.807) is 23.1 Å². The summed E-state index contributed by atoms with van der Waals surface area (Å²) in [7, 11) is 0. The molecule has 1 fully saturated rings. The lowest BCUT2D eigenvalue weighted by atomic mass is 10.1. The van der Waals surface area contributed by atoms with Crippen LogP contribution in [0.2, 0.25) is 0 Å². The van der Waals surface area contributed by atoms with Crippen molar-refractivity contribution < 1.29 is 9.59 Å². The molecule has 0 N–H and O–H groups in total. The molecule has 1 aromatic carbocycles. The Morgan fingerprint density at radius 3 is 2.79 bits per heavy atom. The highest BCUT2D eigenvalue weighted by Gasteiger charge is 2.33. The molecule has 3 nitrogen and oxygen atoms in total. The summed E-state index contributed by atoms with van der Waals surface area (Å²) < 4.78 is 0. The van der Waals surface area contributed by atoms with Crippen molar-refractivity contribution in [3.05, 3.63) is 54.6 Å². The van der Waals surface area contributed by atoms with Crippen LogP contribution >= 0.6 is 0 Å². The molecule has 98 valence electrons. The minimum absolute atomic E-state index is 0.0171. The van der Waals surface area contributed by atoms with Crippen LogP contribution < -0.4 is 0 Å². The minimum atomic E-state index is -0.328. The highest BCUT2D eigenvalue weighted by molar-refractivity contribution is 6.01. The van der Waals surface area contributed by atoms with Crippen molar-refractivity contribution >= 4 is 17.8 Å². The Morgan fingerprint density at radius 2 is 2.11 bits per heavy atom. The van der Waals surface area contributed by atoms with Crippen molar-refractivity contribution in [3.63, 3.8) is 0 Å². The summed E-state index contributed by atoms with van der Waals surface area (Å²) in [5, 5.41) is 0. The zero-order chi connectivity index (χ0) is 13.7. The SMILES string of the molecule is C=CCN1C(=O)CC[C@@H]1C(=O)/C=C/c1ccccc1. The van der Waals surface area contributed by atoms with Gasteiger partial charge in [0.25, 0.3) is 0 Å². The second-order valence-electron chi connectivity index (χ2n) is 4.54. The maximum absolute atomic E-state index is 12.1. The number of amides is 1. The van der Waals surface area contributed by atoms with Crippen LogP contribution in [0.4, 0.5) is 0 Å². The molecule has 1 aromatic rings. The number of benzene rings is 1. The first-order valence-corrected chi connectivity index (χ1v) is 6.39. The van der Waals surface area contributed by atoms with Gasteiger partial charge in [-0.05, 0) is 18.1 Å². The standard InChI is InChI=1S/C16H17NO2/c1-2-12-17-14(9-11-16(17)19)15(18)10-8-13-6-4-3-5-7-13/h2-8,10,14H,1,9,11-12H2/b10-8+/t14-/m1/s1. The van der Waals surface area contributed by atoms with Crippen molar-refractivity contribution in [1.29, 1.82) is 0 Å². The molecule has 0 aliphatic carbocycles. The molecular formula is C16H17NO2. The number of likely N-dealkylation sites (tertiary alicyclic amines) is 1. The number of carbonyl (C=O) groups excluding carboxylic acids is 2. The van der Waals surface area contributed by atoms with Gasteiger partial charge in [-0.1, -0.05) is 42.5 Å². The van der Waals surface area contributed by atoms with Gasteiger partial charge in [0.1, 0.15) is 0 Å². The quantitative estimate of drug-likeness (QED) is 0.598. The predicted octanol–water partition coefficient (Wildman–Crippen LogP) is 2.45. The van der Waals surface area contributed by atoms with E-state index in [-0.39, 0.29) is 17.7 Å². The molecule has 1 atom stereocenters. The molecule has 0 saturated carbocycles. The van der Waals surface area contributed by atoms with Crippen molar-refractivity contribution in [3.8, 4) is 0 Å². The zero-order valence-corrected chi connectivity index (χ0v) is 10.8. The molecule has 0 aromatic heterocycles. The van der Waals surface area contributed by atoms with Crippen LogP contribution in [0, 0.1) is 0 Å². The first-order chi connectivity index (χ1) is 9.22. The van der Waals surface area contributed by atoms with Crippen LogP contribution in [0.15, 0.2) is 49.1 Å². The van der Waals surface area contributed by atoms with E-state index in [0.717, 1.165) is 5.56 Å². The van der Waals surface area contributed by atoms with E-state index in [9.17, 15) is 9.59 Å². The summed E-state index contributed by atoms with van der Waals surface area (Å²) in [5.41, 5.74) is 0.982. The fraction of sp³-hybridized carbons (Fsp3) is 0.250. The molecule has 0 spiro atoms. The van der Waals surface area contributed by atoms with Crippen molar-refractivity contribution in [2.75, 3.05) is 6.54 Å². The zero-order valence-electron chi connectivity index (χ0n) is 10.8. The first-order valence-electron chi connectivity index (χ1n) is 6.39. The average molecular weight is 255 g/mol. The second-order valence-corrected chi connectivity index (χ2v) is 4.54. The van der Waals surface area contributed by atoms with Crippen LogP contribution in [0.25, 0.3) is 6.08 Å². The fourth-order valence-electron chi connectivity index (χ4n) is 2.25. The number of hydrogen-bond acceptors (Lipinski definition) is 2. The summed E-state index contributed by atoms with van der Waals surface area (Å²) in [4.78, 5) is 25.4. The molecule has 1 aliphatic heterocycles. The topological polar surface area (TPSA) is 37.4 Å². The molecule has 2 rings (SSSR count). The highest BCUT2D eigenvalue weighted by Crippen LogP contribution is 2.20. The summed E-state index contributed by atoms with van der Waals surface area (Å²) >= 11 is 0. The van der Waals surface area contributed by atoms with Gasteiger partial charge in [-0.15, -0.1) is 6.58 Å². The third kappa shape index (κ3) is 3.19. The van der Waals surface area contributed by atoms with Gasteiger partial charge in [0, 0.05) is 13.0 Å². The van der Waals surface area contributed by atoms with E-state index in [1.165, 1.54) is 0 Å². The van der Waals surface area contributed by atoms with E-state index in [0.29, 0.717) is 19.4 Å². The third-order valence-electron chi connectivity index (χ3n) is 3.22. The van der Waals surface area contributed by atoms with E-state index < -0.39 is 0 Å². The lowest BCUT2D eigenvalue weighted by molar-refractivity contribution is -0.132. The van der Waals surface area contributed by atoms with Gasteiger partial charge in [0.05, 0.1) is 6.04 Å². The Kier molecular flexibility index (Phi) is 4.29. The predicted molar refractivity (Wildman–Crippen MR) is 75.4 cm³/mol. The normalized spacial score (nSPS) is 19.1. The molecule has 1 heterocycles. The smallest absolute Gasteiger partial charge is 0.223 e. The van der Waals surface area contributed by atoms with Crippen LogP contribution in [-0.4, -0.2) is 29.2 Å². The monoisotopic (exact) mass is 255 g/mol. The Labute approximate surface area is 113 Å². The molecule has 0 radical (unpaired) electrons. The van der Waals surface area contributed by atoms with Crippen molar-refractivity contribution in [2.45, 2.75) is 18.9 Å². The van der Waals surface area contributed by atoms with Crippen LogP contribution in [0.1, 0.15) is 18.4 Å². The van der Waals surface area contributed by atoms with Gasteiger partial charge < -0.3 is 4.90 Å². The number of rotatable bonds is 5. The van der Waals surface area contributed by atoms with Gasteiger partial charge in [-0.2, -0.15) is 0 Å². The van der Waals surface area contributed by atoms with Crippen LogP contribution in [0.3, 0.4) is 0 Å². The average Bonchev–Trinajstić information content (AvgIpc) is 2.80. The number of nitrogens with zero attached hydrogens (tertiary/aromatic N) is 1. The molecule has 3 heteroatoms. The molecule has 1 saturated heterocycles.